The van der Waals surface area contributed by atoms with Gasteiger partial charge in [0.05, 0.1) is 19.8 Å². The van der Waals surface area contributed by atoms with E-state index in [0.29, 0.717) is 32.0 Å². The maximum Gasteiger partial charge on any atom is 0.150 e. The van der Waals surface area contributed by atoms with Crippen molar-refractivity contribution >= 4 is 6.29 Å². The zero-order chi connectivity index (χ0) is 16.3. The van der Waals surface area contributed by atoms with Gasteiger partial charge >= 0.3 is 0 Å². The molecule has 4 heteroatoms. The highest BCUT2D eigenvalue weighted by Gasteiger charge is 2.11. The third kappa shape index (κ3) is 6.27. The van der Waals surface area contributed by atoms with Crippen molar-refractivity contribution in [3.8, 4) is 5.75 Å². The van der Waals surface area contributed by atoms with Gasteiger partial charge in [-0.15, -0.1) is 0 Å². The zero-order valence-electron chi connectivity index (χ0n) is 14.1. The molecular formula is C17H28O4. The van der Waals surface area contributed by atoms with Gasteiger partial charge < -0.3 is 14.2 Å². The van der Waals surface area contributed by atoms with Crippen LogP contribution in [0.15, 0.2) is 6.07 Å². The van der Waals surface area contributed by atoms with E-state index < -0.39 is 0 Å². The SMILES string of the molecule is CC.COCCOCCOc1c(C)cc(C)c(C=O)c1C. The fourth-order valence-corrected chi connectivity index (χ4v) is 2.03. The summed E-state index contributed by atoms with van der Waals surface area (Å²) in [7, 11) is 1.64. The summed E-state index contributed by atoms with van der Waals surface area (Å²) >= 11 is 0. The second-order valence-electron chi connectivity index (χ2n) is 4.45. The molecule has 1 rings (SSSR count). The summed E-state index contributed by atoms with van der Waals surface area (Å²) in [6, 6.07) is 1.97. The van der Waals surface area contributed by atoms with Crippen LogP contribution in [0, 0.1) is 20.8 Å². The van der Waals surface area contributed by atoms with Crippen molar-refractivity contribution in [1.29, 1.82) is 0 Å². The summed E-state index contributed by atoms with van der Waals surface area (Å²) in [4.78, 5) is 11.1. The number of hydrogen-bond acceptors (Lipinski definition) is 4. The monoisotopic (exact) mass is 296 g/mol. The van der Waals surface area contributed by atoms with Crippen molar-refractivity contribution in [2.24, 2.45) is 0 Å². The molecule has 1 aromatic rings. The van der Waals surface area contributed by atoms with Crippen LogP contribution in [0.3, 0.4) is 0 Å². The van der Waals surface area contributed by atoms with E-state index >= 15 is 0 Å². The molecule has 4 nitrogen and oxygen atoms in total. The Morgan fingerprint density at radius 3 is 2.19 bits per heavy atom. The van der Waals surface area contributed by atoms with E-state index in [9.17, 15) is 4.79 Å². The second-order valence-corrected chi connectivity index (χ2v) is 4.45. The van der Waals surface area contributed by atoms with E-state index in [4.69, 9.17) is 14.2 Å². The Balaban J connectivity index is 0.00000191. The number of ether oxygens (including phenoxy) is 3. The average molecular weight is 296 g/mol. The molecule has 0 amide bonds. The Hall–Kier alpha value is -1.39. The molecule has 0 saturated carbocycles. The molecular weight excluding hydrogens is 268 g/mol. The van der Waals surface area contributed by atoms with Gasteiger partial charge in [0.25, 0.3) is 0 Å². The Kier molecular flexibility index (Phi) is 10.5. The van der Waals surface area contributed by atoms with Crippen LogP contribution in [0.25, 0.3) is 0 Å². The van der Waals surface area contributed by atoms with Crippen molar-refractivity contribution in [2.75, 3.05) is 33.5 Å². The predicted octanol–water partition coefficient (Wildman–Crippen LogP) is 3.49. The molecule has 0 aliphatic carbocycles. The highest BCUT2D eigenvalue weighted by atomic mass is 16.5. The zero-order valence-corrected chi connectivity index (χ0v) is 14.1. The van der Waals surface area contributed by atoms with Gasteiger partial charge in [-0.25, -0.2) is 0 Å². The Bertz CT molecular complexity index is 427. The minimum atomic E-state index is 0.465. The summed E-state index contributed by atoms with van der Waals surface area (Å²) in [5.41, 5.74) is 3.62. The predicted molar refractivity (Wildman–Crippen MR) is 85.6 cm³/mol. The molecule has 0 spiro atoms. The minimum Gasteiger partial charge on any atom is -0.491 e. The van der Waals surface area contributed by atoms with E-state index in [-0.39, 0.29) is 0 Å². The lowest BCUT2D eigenvalue weighted by atomic mass is 9.99. The third-order valence-corrected chi connectivity index (χ3v) is 2.98. The summed E-state index contributed by atoms with van der Waals surface area (Å²) in [5.74, 6) is 0.781. The van der Waals surface area contributed by atoms with Gasteiger partial charge in [0.1, 0.15) is 12.4 Å². The first-order valence-corrected chi connectivity index (χ1v) is 7.37. The van der Waals surface area contributed by atoms with Crippen LogP contribution in [0.2, 0.25) is 0 Å². The van der Waals surface area contributed by atoms with Gasteiger partial charge in [-0.05, 0) is 31.9 Å². The second kappa shape index (κ2) is 11.3. The lowest BCUT2D eigenvalue weighted by Gasteiger charge is -2.15. The van der Waals surface area contributed by atoms with Gasteiger partial charge in [-0.1, -0.05) is 19.9 Å². The standard InChI is InChI=1S/C15H22O4.C2H6/c1-11-9-12(2)15(13(3)14(11)10-16)19-8-7-18-6-5-17-4;1-2/h9-10H,5-8H2,1-4H3;1-2H3. The van der Waals surface area contributed by atoms with E-state index in [1.165, 1.54) is 0 Å². The topological polar surface area (TPSA) is 44.8 Å². The molecule has 0 atom stereocenters. The van der Waals surface area contributed by atoms with Crippen molar-refractivity contribution in [3.63, 3.8) is 0 Å². The van der Waals surface area contributed by atoms with Crippen LogP contribution in [0.1, 0.15) is 40.9 Å². The lowest BCUT2D eigenvalue weighted by Crippen LogP contribution is -2.11. The molecule has 0 fully saturated rings. The first kappa shape index (κ1) is 19.6. The summed E-state index contributed by atoms with van der Waals surface area (Å²) in [6.07, 6.45) is 0.881. The van der Waals surface area contributed by atoms with E-state index in [1.807, 2.05) is 40.7 Å². The van der Waals surface area contributed by atoms with Gasteiger partial charge in [-0.3, -0.25) is 4.79 Å². The van der Waals surface area contributed by atoms with Crippen LogP contribution >= 0.6 is 0 Å². The first-order valence-electron chi connectivity index (χ1n) is 7.37. The fraction of sp³-hybridized carbons (Fsp3) is 0.588. The molecule has 0 aliphatic rings. The Morgan fingerprint density at radius 2 is 1.62 bits per heavy atom. The number of carbonyl (C=O) groups is 1. The highest BCUT2D eigenvalue weighted by molar-refractivity contribution is 5.81. The molecule has 0 aliphatic heterocycles. The molecule has 0 radical (unpaired) electrons. The number of rotatable bonds is 8. The Morgan fingerprint density at radius 1 is 1.00 bits per heavy atom. The molecule has 1 aromatic carbocycles. The number of benzene rings is 1. The molecule has 120 valence electrons. The largest absolute Gasteiger partial charge is 0.491 e. The van der Waals surface area contributed by atoms with E-state index in [1.54, 1.807) is 7.11 Å². The normalized spacial score (nSPS) is 9.81. The number of hydrogen-bond donors (Lipinski definition) is 0. The molecule has 21 heavy (non-hydrogen) atoms. The van der Waals surface area contributed by atoms with Crippen LogP contribution in [0.4, 0.5) is 0 Å². The van der Waals surface area contributed by atoms with Crippen molar-refractivity contribution in [3.05, 3.63) is 28.3 Å². The van der Waals surface area contributed by atoms with Gasteiger partial charge in [-0.2, -0.15) is 0 Å². The van der Waals surface area contributed by atoms with Crippen molar-refractivity contribution in [2.45, 2.75) is 34.6 Å². The van der Waals surface area contributed by atoms with Crippen LogP contribution in [-0.4, -0.2) is 39.8 Å². The summed E-state index contributed by atoms with van der Waals surface area (Å²) in [5, 5.41) is 0. The number of aryl methyl sites for hydroxylation is 2. The number of carbonyl (C=O) groups excluding carboxylic acids is 1. The Labute approximate surface area is 128 Å². The molecule has 0 aromatic heterocycles. The first-order chi connectivity index (χ1) is 10.1. The van der Waals surface area contributed by atoms with Gasteiger partial charge in [0.15, 0.2) is 6.29 Å². The lowest BCUT2D eigenvalue weighted by molar-refractivity contribution is 0.0542. The van der Waals surface area contributed by atoms with E-state index in [2.05, 4.69) is 0 Å². The van der Waals surface area contributed by atoms with Crippen LogP contribution < -0.4 is 4.74 Å². The van der Waals surface area contributed by atoms with Crippen LogP contribution in [0.5, 0.6) is 5.75 Å². The number of methoxy groups -OCH3 is 1. The average Bonchev–Trinajstić information content (AvgIpc) is 2.48. The molecule has 0 unspecified atom stereocenters. The smallest absolute Gasteiger partial charge is 0.150 e. The third-order valence-electron chi connectivity index (χ3n) is 2.98. The van der Waals surface area contributed by atoms with Crippen molar-refractivity contribution in [1.82, 2.24) is 0 Å². The molecule has 0 saturated heterocycles. The van der Waals surface area contributed by atoms with Gasteiger partial charge in [0.2, 0.25) is 0 Å². The number of aldehydes is 1. The fourth-order valence-electron chi connectivity index (χ4n) is 2.03. The van der Waals surface area contributed by atoms with Crippen molar-refractivity contribution < 1.29 is 19.0 Å². The maximum atomic E-state index is 11.1. The van der Waals surface area contributed by atoms with Crippen LogP contribution in [-0.2, 0) is 9.47 Å². The summed E-state index contributed by atoms with van der Waals surface area (Å²) < 4.78 is 15.9. The van der Waals surface area contributed by atoms with Gasteiger partial charge in [0, 0.05) is 18.2 Å². The quantitative estimate of drug-likeness (QED) is 0.544. The highest BCUT2D eigenvalue weighted by Crippen LogP contribution is 2.28. The molecule has 0 N–H and O–H groups in total. The summed E-state index contributed by atoms with van der Waals surface area (Å²) in [6.45, 7) is 11.9. The maximum absolute atomic E-state index is 11.1. The van der Waals surface area contributed by atoms with E-state index in [0.717, 1.165) is 28.7 Å². The minimum absolute atomic E-state index is 0.465. The molecule has 0 bridgehead atoms. The molecule has 0 heterocycles.